The molecule has 0 spiro atoms. The first-order valence-corrected chi connectivity index (χ1v) is 5.02. The van der Waals surface area contributed by atoms with E-state index in [0.29, 0.717) is 0 Å². The average molecular weight is 207 g/mol. The van der Waals surface area contributed by atoms with Crippen LogP contribution < -0.4 is 0 Å². The van der Waals surface area contributed by atoms with Gasteiger partial charge in [-0.15, -0.1) is 0 Å². The Balaban J connectivity index is 3.50. The molecule has 0 aliphatic carbocycles. The Morgan fingerprint density at radius 1 is 0.933 bits per heavy atom. The van der Waals surface area contributed by atoms with Crippen molar-refractivity contribution in [3.63, 3.8) is 0 Å². The number of aliphatic hydroxyl groups is 1. The van der Waals surface area contributed by atoms with Crippen LogP contribution in [0.1, 0.15) is 33.4 Å². The van der Waals surface area contributed by atoms with E-state index in [2.05, 4.69) is 5.18 Å². The largest absolute Gasteiger partial charge is 0.392 e. The lowest BCUT2D eigenvalue weighted by Gasteiger charge is -2.17. The minimum Gasteiger partial charge on any atom is -0.392 e. The quantitative estimate of drug-likeness (QED) is 0.775. The molecular weight excluding hydrogens is 190 g/mol. The van der Waals surface area contributed by atoms with Gasteiger partial charge in [-0.2, -0.15) is 4.91 Å². The zero-order valence-electron chi connectivity index (χ0n) is 9.72. The number of aliphatic hydroxyl groups excluding tert-OH is 1. The van der Waals surface area contributed by atoms with E-state index in [1.807, 2.05) is 27.7 Å². The van der Waals surface area contributed by atoms with Gasteiger partial charge >= 0.3 is 0 Å². The second-order valence-corrected chi connectivity index (χ2v) is 3.90. The van der Waals surface area contributed by atoms with E-state index in [9.17, 15) is 10.0 Å². The highest BCUT2D eigenvalue weighted by molar-refractivity contribution is 5.49. The average Bonchev–Trinajstić information content (AvgIpc) is 2.23. The molecule has 82 valence electrons. The predicted molar refractivity (Wildman–Crippen MR) is 60.8 cm³/mol. The van der Waals surface area contributed by atoms with Crippen LogP contribution in [0.15, 0.2) is 5.18 Å². The first-order chi connectivity index (χ1) is 7.04. The number of hydrogen-bond donors (Lipinski definition) is 1. The van der Waals surface area contributed by atoms with Crippen LogP contribution in [0, 0.1) is 32.6 Å². The first-order valence-electron chi connectivity index (χ1n) is 5.02. The standard InChI is InChI=1S/C12H17NO2/c1-7-9(3)12(6-14)10(4)8(2)11(7)5-13-15/h14H,5-6H2,1-4H3. The highest BCUT2D eigenvalue weighted by Gasteiger charge is 2.13. The van der Waals surface area contributed by atoms with E-state index in [1.54, 1.807) is 0 Å². The van der Waals surface area contributed by atoms with Crippen LogP contribution in [0.2, 0.25) is 0 Å². The van der Waals surface area contributed by atoms with Crippen LogP contribution in [0.5, 0.6) is 0 Å². The van der Waals surface area contributed by atoms with Crippen molar-refractivity contribution < 1.29 is 5.11 Å². The van der Waals surface area contributed by atoms with E-state index < -0.39 is 0 Å². The van der Waals surface area contributed by atoms with Crippen molar-refractivity contribution in [1.82, 2.24) is 0 Å². The van der Waals surface area contributed by atoms with Gasteiger partial charge < -0.3 is 5.11 Å². The highest BCUT2D eigenvalue weighted by atomic mass is 16.3. The maximum absolute atomic E-state index is 10.4. The van der Waals surface area contributed by atoms with Crippen LogP contribution >= 0.6 is 0 Å². The molecule has 3 nitrogen and oxygen atoms in total. The maximum Gasteiger partial charge on any atom is 0.107 e. The van der Waals surface area contributed by atoms with Gasteiger partial charge in [-0.1, -0.05) is 5.18 Å². The van der Waals surface area contributed by atoms with Gasteiger partial charge in [0.1, 0.15) is 6.54 Å². The summed E-state index contributed by atoms with van der Waals surface area (Å²) in [5.41, 5.74) is 6.25. The van der Waals surface area contributed by atoms with Crippen LogP contribution in [-0.2, 0) is 13.2 Å². The van der Waals surface area contributed by atoms with Crippen LogP contribution in [0.25, 0.3) is 0 Å². The van der Waals surface area contributed by atoms with Crippen molar-refractivity contribution in [1.29, 1.82) is 0 Å². The Kier molecular flexibility index (Phi) is 3.58. The fourth-order valence-electron chi connectivity index (χ4n) is 2.01. The molecule has 0 aliphatic heterocycles. The van der Waals surface area contributed by atoms with E-state index >= 15 is 0 Å². The minimum atomic E-state index is 0.0497. The van der Waals surface area contributed by atoms with E-state index in [0.717, 1.165) is 33.4 Å². The number of benzene rings is 1. The van der Waals surface area contributed by atoms with E-state index in [1.165, 1.54) is 0 Å². The summed E-state index contributed by atoms with van der Waals surface area (Å²) in [6, 6.07) is 0. The molecule has 0 unspecified atom stereocenters. The topological polar surface area (TPSA) is 49.7 Å². The van der Waals surface area contributed by atoms with Gasteiger partial charge in [0.05, 0.1) is 6.61 Å². The third-order valence-corrected chi connectivity index (χ3v) is 3.32. The third kappa shape index (κ3) is 1.92. The summed E-state index contributed by atoms with van der Waals surface area (Å²) in [6.07, 6.45) is 0. The highest BCUT2D eigenvalue weighted by Crippen LogP contribution is 2.27. The van der Waals surface area contributed by atoms with Crippen LogP contribution in [0.3, 0.4) is 0 Å². The molecule has 1 rings (SSSR count). The zero-order valence-corrected chi connectivity index (χ0v) is 9.72. The fourth-order valence-corrected chi connectivity index (χ4v) is 2.01. The molecule has 15 heavy (non-hydrogen) atoms. The molecule has 0 saturated heterocycles. The summed E-state index contributed by atoms with van der Waals surface area (Å²) < 4.78 is 0. The summed E-state index contributed by atoms with van der Waals surface area (Å²) in [4.78, 5) is 10.4. The molecule has 0 radical (unpaired) electrons. The van der Waals surface area contributed by atoms with Gasteiger partial charge in [0.15, 0.2) is 0 Å². The Bertz CT molecular complexity index is 368. The Hall–Kier alpha value is -1.22. The maximum atomic E-state index is 10.4. The van der Waals surface area contributed by atoms with Crippen LogP contribution in [-0.4, -0.2) is 5.11 Å². The molecular formula is C12H17NO2. The molecule has 0 amide bonds. The van der Waals surface area contributed by atoms with Gasteiger partial charge in [0.25, 0.3) is 0 Å². The van der Waals surface area contributed by atoms with Gasteiger partial charge in [-0.3, -0.25) is 0 Å². The summed E-state index contributed by atoms with van der Waals surface area (Å²) in [5.74, 6) is 0. The molecule has 0 atom stereocenters. The number of nitrogens with zero attached hydrogens (tertiary/aromatic N) is 1. The lowest BCUT2D eigenvalue weighted by atomic mass is 9.89. The number of nitroso groups, excluding NO2 is 1. The molecule has 0 fully saturated rings. The fraction of sp³-hybridized carbons (Fsp3) is 0.500. The second-order valence-electron chi connectivity index (χ2n) is 3.90. The molecule has 1 N–H and O–H groups in total. The van der Waals surface area contributed by atoms with Gasteiger partial charge in [0, 0.05) is 0 Å². The molecule has 3 heteroatoms. The van der Waals surface area contributed by atoms with Crippen molar-refractivity contribution in [2.75, 3.05) is 0 Å². The van der Waals surface area contributed by atoms with Crippen molar-refractivity contribution in [2.45, 2.75) is 40.8 Å². The molecule has 1 aromatic rings. The predicted octanol–water partition coefficient (Wildman–Crippen LogP) is 2.68. The zero-order chi connectivity index (χ0) is 11.6. The first kappa shape index (κ1) is 11.9. The Morgan fingerprint density at radius 3 is 1.67 bits per heavy atom. The SMILES string of the molecule is Cc1c(C)c(CN=O)c(C)c(C)c1CO. The molecule has 1 aromatic carbocycles. The lowest BCUT2D eigenvalue weighted by Crippen LogP contribution is -2.04. The Morgan fingerprint density at radius 2 is 1.33 bits per heavy atom. The Labute approximate surface area is 90.1 Å². The van der Waals surface area contributed by atoms with Crippen molar-refractivity contribution in [3.05, 3.63) is 38.3 Å². The van der Waals surface area contributed by atoms with Crippen LogP contribution in [0.4, 0.5) is 0 Å². The number of rotatable bonds is 3. The summed E-state index contributed by atoms with van der Waals surface area (Å²) in [6.45, 7) is 8.16. The van der Waals surface area contributed by atoms with Crippen molar-refractivity contribution >= 4 is 0 Å². The molecule has 0 aliphatic rings. The molecule has 0 aromatic heterocycles. The van der Waals surface area contributed by atoms with E-state index in [-0.39, 0.29) is 13.2 Å². The van der Waals surface area contributed by atoms with Gasteiger partial charge in [0.2, 0.25) is 0 Å². The third-order valence-electron chi connectivity index (χ3n) is 3.32. The van der Waals surface area contributed by atoms with Gasteiger partial charge in [-0.05, 0) is 61.1 Å². The summed E-state index contributed by atoms with van der Waals surface area (Å²) in [7, 11) is 0. The van der Waals surface area contributed by atoms with Gasteiger partial charge in [-0.25, -0.2) is 0 Å². The summed E-state index contributed by atoms with van der Waals surface area (Å²) in [5, 5.41) is 12.2. The van der Waals surface area contributed by atoms with Crippen molar-refractivity contribution in [2.24, 2.45) is 5.18 Å². The normalized spacial score (nSPS) is 10.5. The smallest absolute Gasteiger partial charge is 0.107 e. The molecule has 0 saturated carbocycles. The molecule has 0 heterocycles. The monoisotopic (exact) mass is 207 g/mol. The number of hydrogen-bond acceptors (Lipinski definition) is 3. The summed E-state index contributed by atoms with van der Waals surface area (Å²) >= 11 is 0. The van der Waals surface area contributed by atoms with Crippen molar-refractivity contribution in [3.8, 4) is 0 Å². The second kappa shape index (κ2) is 4.53. The minimum absolute atomic E-state index is 0.0497. The molecule has 0 bridgehead atoms. The van der Waals surface area contributed by atoms with E-state index in [4.69, 9.17) is 0 Å². The lowest BCUT2D eigenvalue weighted by molar-refractivity contribution is 0.280.